The average molecular weight is 302 g/mol. The van der Waals surface area contributed by atoms with E-state index in [0.29, 0.717) is 11.4 Å². The monoisotopic (exact) mass is 301 g/mol. The van der Waals surface area contributed by atoms with Crippen LogP contribution >= 0.6 is 15.9 Å². The molecule has 0 bridgehead atoms. The molecule has 0 aromatic carbocycles. The Hall–Kier alpha value is -1.17. The van der Waals surface area contributed by atoms with Crippen molar-refractivity contribution in [2.45, 2.75) is 40.3 Å². The zero-order chi connectivity index (χ0) is 13.2. The van der Waals surface area contributed by atoms with Crippen molar-refractivity contribution in [1.29, 1.82) is 0 Å². The molecule has 1 aromatic heterocycles. The molecular weight excluding hydrogens is 286 g/mol. The quantitative estimate of drug-likeness (QED) is 0.911. The summed E-state index contributed by atoms with van der Waals surface area (Å²) in [5, 5.41) is 2.74. The lowest BCUT2D eigenvalue weighted by atomic mass is 10.3. The number of nitrogens with one attached hydrogen (secondary N) is 1. The van der Waals surface area contributed by atoms with Gasteiger partial charge in [0, 0.05) is 11.7 Å². The molecule has 5 nitrogen and oxygen atoms in total. The summed E-state index contributed by atoms with van der Waals surface area (Å²) in [4.78, 5) is 27.1. The molecule has 94 valence electrons. The summed E-state index contributed by atoms with van der Waals surface area (Å²) in [6.45, 7) is 7.27. The molecule has 17 heavy (non-hydrogen) atoms. The van der Waals surface area contributed by atoms with Crippen LogP contribution in [0, 0.1) is 13.8 Å². The van der Waals surface area contributed by atoms with Crippen molar-refractivity contribution >= 4 is 21.8 Å². The molecule has 1 aromatic rings. The Balaban J connectivity index is 3.04. The number of carbonyl (C=O) groups is 1. The SMILES string of the molecule is Cc1nc(=O)n(CC(=O)NC(C)C)c(C)c1Br. The van der Waals surface area contributed by atoms with E-state index in [9.17, 15) is 9.59 Å². The molecule has 0 unspecified atom stereocenters. The van der Waals surface area contributed by atoms with Crippen molar-refractivity contribution in [1.82, 2.24) is 14.9 Å². The van der Waals surface area contributed by atoms with Gasteiger partial charge in [-0.25, -0.2) is 4.79 Å². The fourth-order valence-corrected chi connectivity index (χ4v) is 1.78. The fraction of sp³-hybridized carbons (Fsp3) is 0.545. The van der Waals surface area contributed by atoms with Crippen molar-refractivity contribution in [2.75, 3.05) is 0 Å². The average Bonchev–Trinajstić information content (AvgIpc) is 2.20. The van der Waals surface area contributed by atoms with E-state index < -0.39 is 5.69 Å². The molecule has 1 heterocycles. The second-order valence-corrected chi connectivity index (χ2v) is 4.98. The normalized spacial score (nSPS) is 10.7. The number of amides is 1. The van der Waals surface area contributed by atoms with E-state index in [-0.39, 0.29) is 18.5 Å². The maximum atomic E-state index is 11.7. The zero-order valence-electron chi connectivity index (χ0n) is 10.4. The van der Waals surface area contributed by atoms with Gasteiger partial charge in [-0.05, 0) is 43.6 Å². The molecular formula is C11H16BrN3O2. The van der Waals surface area contributed by atoms with Gasteiger partial charge in [-0.15, -0.1) is 0 Å². The van der Waals surface area contributed by atoms with Gasteiger partial charge >= 0.3 is 5.69 Å². The molecule has 1 N–H and O–H groups in total. The number of nitrogens with zero attached hydrogens (tertiary/aromatic N) is 2. The summed E-state index contributed by atoms with van der Waals surface area (Å²) in [6, 6.07) is 0.0559. The molecule has 0 saturated carbocycles. The summed E-state index contributed by atoms with van der Waals surface area (Å²) >= 11 is 3.35. The Morgan fingerprint density at radius 2 is 2.06 bits per heavy atom. The second kappa shape index (κ2) is 5.44. The van der Waals surface area contributed by atoms with Crippen LogP contribution in [0.2, 0.25) is 0 Å². The van der Waals surface area contributed by atoms with Gasteiger partial charge in [-0.3, -0.25) is 9.36 Å². The second-order valence-electron chi connectivity index (χ2n) is 4.19. The summed E-state index contributed by atoms with van der Waals surface area (Å²) < 4.78 is 2.11. The van der Waals surface area contributed by atoms with Crippen LogP contribution in [0.3, 0.4) is 0 Å². The van der Waals surface area contributed by atoms with Gasteiger partial charge in [0.25, 0.3) is 0 Å². The maximum absolute atomic E-state index is 11.7. The Labute approximate surface area is 108 Å². The van der Waals surface area contributed by atoms with Gasteiger partial charge in [0.2, 0.25) is 5.91 Å². The number of rotatable bonds is 3. The minimum absolute atomic E-state index is 0.00523. The number of aromatic nitrogens is 2. The van der Waals surface area contributed by atoms with E-state index in [1.165, 1.54) is 4.57 Å². The highest BCUT2D eigenvalue weighted by atomic mass is 79.9. The molecule has 0 atom stereocenters. The van der Waals surface area contributed by atoms with E-state index in [1.807, 2.05) is 13.8 Å². The van der Waals surface area contributed by atoms with Gasteiger partial charge in [0.05, 0.1) is 10.2 Å². The molecule has 0 fully saturated rings. The Kier molecular flexibility index (Phi) is 4.45. The minimum Gasteiger partial charge on any atom is -0.352 e. The summed E-state index contributed by atoms with van der Waals surface area (Å²) in [7, 11) is 0. The smallest absolute Gasteiger partial charge is 0.348 e. The van der Waals surface area contributed by atoms with Crippen LogP contribution < -0.4 is 11.0 Å². The third-order valence-electron chi connectivity index (χ3n) is 2.29. The van der Waals surface area contributed by atoms with Crippen LogP contribution in [0.15, 0.2) is 9.27 Å². The van der Waals surface area contributed by atoms with Crippen LogP contribution in [0.4, 0.5) is 0 Å². The standard InChI is InChI=1S/C11H16BrN3O2/c1-6(2)13-9(16)5-15-8(4)10(12)7(3)14-11(15)17/h6H,5H2,1-4H3,(H,13,16). The van der Waals surface area contributed by atoms with E-state index in [0.717, 1.165) is 4.47 Å². The lowest BCUT2D eigenvalue weighted by molar-refractivity contribution is -0.122. The minimum atomic E-state index is -0.401. The third-order valence-corrected chi connectivity index (χ3v) is 3.43. The number of hydrogen-bond donors (Lipinski definition) is 1. The molecule has 0 radical (unpaired) electrons. The first-order valence-corrected chi connectivity index (χ1v) is 6.15. The highest BCUT2D eigenvalue weighted by Gasteiger charge is 2.12. The highest BCUT2D eigenvalue weighted by molar-refractivity contribution is 9.10. The topological polar surface area (TPSA) is 64.0 Å². The lowest BCUT2D eigenvalue weighted by Gasteiger charge is -2.13. The summed E-state index contributed by atoms with van der Waals surface area (Å²) in [6.07, 6.45) is 0. The van der Waals surface area contributed by atoms with E-state index in [2.05, 4.69) is 26.2 Å². The van der Waals surface area contributed by atoms with Crippen molar-refractivity contribution in [2.24, 2.45) is 0 Å². The number of carbonyl (C=O) groups excluding carboxylic acids is 1. The third kappa shape index (κ3) is 3.39. The molecule has 6 heteroatoms. The van der Waals surface area contributed by atoms with Gasteiger partial charge in [0.1, 0.15) is 6.54 Å². The molecule has 0 aliphatic rings. The number of hydrogen-bond acceptors (Lipinski definition) is 3. The Bertz CT molecular complexity index is 494. The van der Waals surface area contributed by atoms with Crippen LogP contribution in [-0.2, 0) is 11.3 Å². The number of aryl methyl sites for hydroxylation is 1. The van der Waals surface area contributed by atoms with Crippen molar-refractivity contribution in [3.63, 3.8) is 0 Å². The van der Waals surface area contributed by atoms with Crippen LogP contribution in [0.25, 0.3) is 0 Å². The van der Waals surface area contributed by atoms with Crippen LogP contribution in [-0.4, -0.2) is 21.5 Å². The van der Waals surface area contributed by atoms with Gasteiger partial charge in [0.15, 0.2) is 0 Å². The largest absolute Gasteiger partial charge is 0.352 e. The van der Waals surface area contributed by atoms with E-state index in [1.54, 1.807) is 13.8 Å². The van der Waals surface area contributed by atoms with Gasteiger partial charge < -0.3 is 5.32 Å². The van der Waals surface area contributed by atoms with Gasteiger partial charge in [-0.2, -0.15) is 4.98 Å². The molecule has 0 spiro atoms. The molecule has 1 amide bonds. The Morgan fingerprint density at radius 1 is 1.47 bits per heavy atom. The van der Waals surface area contributed by atoms with Crippen LogP contribution in [0.1, 0.15) is 25.2 Å². The first-order chi connectivity index (χ1) is 7.82. The van der Waals surface area contributed by atoms with Crippen LogP contribution in [0.5, 0.6) is 0 Å². The Morgan fingerprint density at radius 3 is 2.59 bits per heavy atom. The summed E-state index contributed by atoms with van der Waals surface area (Å²) in [5.74, 6) is -0.192. The molecule has 0 aliphatic carbocycles. The predicted molar refractivity (Wildman–Crippen MR) is 68.9 cm³/mol. The number of halogens is 1. The molecule has 0 saturated heterocycles. The fourth-order valence-electron chi connectivity index (χ4n) is 1.47. The van der Waals surface area contributed by atoms with Crippen molar-refractivity contribution in [3.8, 4) is 0 Å². The van der Waals surface area contributed by atoms with E-state index in [4.69, 9.17) is 0 Å². The molecule has 0 aliphatic heterocycles. The van der Waals surface area contributed by atoms with E-state index >= 15 is 0 Å². The maximum Gasteiger partial charge on any atom is 0.348 e. The van der Waals surface area contributed by atoms with Crippen molar-refractivity contribution < 1.29 is 4.79 Å². The van der Waals surface area contributed by atoms with Gasteiger partial charge in [-0.1, -0.05) is 0 Å². The lowest BCUT2D eigenvalue weighted by Crippen LogP contribution is -2.37. The highest BCUT2D eigenvalue weighted by Crippen LogP contribution is 2.16. The molecule has 1 rings (SSSR count). The first kappa shape index (κ1) is 13.9. The summed E-state index contributed by atoms with van der Waals surface area (Å²) in [5.41, 5.74) is 0.941. The zero-order valence-corrected chi connectivity index (χ0v) is 12.0. The van der Waals surface area contributed by atoms with Crippen molar-refractivity contribution in [3.05, 3.63) is 26.3 Å². The first-order valence-electron chi connectivity index (χ1n) is 5.35. The predicted octanol–water partition coefficient (Wildman–Crippen LogP) is 1.15.